The average molecular weight is 499 g/mol. The maximum atomic E-state index is 13.4. The van der Waals surface area contributed by atoms with Crippen molar-refractivity contribution < 1.29 is 23.4 Å². The molecule has 1 aliphatic heterocycles. The Labute approximate surface area is 215 Å². The van der Waals surface area contributed by atoms with E-state index in [9.17, 15) is 9.18 Å². The Kier molecular flexibility index (Phi) is 7.60. The predicted octanol–water partition coefficient (Wildman–Crippen LogP) is 5.34. The van der Waals surface area contributed by atoms with E-state index >= 15 is 0 Å². The summed E-state index contributed by atoms with van der Waals surface area (Å²) in [4.78, 5) is 19.4. The van der Waals surface area contributed by atoms with Crippen molar-refractivity contribution in [2.45, 2.75) is 25.9 Å². The molecule has 0 unspecified atom stereocenters. The van der Waals surface area contributed by atoms with Crippen molar-refractivity contribution >= 4 is 5.91 Å². The zero-order chi connectivity index (χ0) is 25.5. The van der Waals surface area contributed by atoms with Crippen molar-refractivity contribution in [1.29, 1.82) is 0 Å². The fourth-order valence-corrected chi connectivity index (χ4v) is 4.17. The summed E-state index contributed by atoms with van der Waals surface area (Å²) in [5.41, 5.74) is 3.84. The smallest absolute Gasteiger partial charge is 0.231 e. The normalized spacial score (nSPS) is 11.8. The fraction of sp³-hybridized carbons (Fsp3) is 0.200. The number of nitrogens with zero attached hydrogens (tertiary/aromatic N) is 2. The van der Waals surface area contributed by atoms with Gasteiger partial charge < -0.3 is 19.1 Å². The van der Waals surface area contributed by atoms with Gasteiger partial charge in [0.05, 0.1) is 13.0 Å². The van der Waals surface area contributed by atoms with Crippen LogP contribution in [0, 0.1) is 5.82 Å². The minimum atomic E-state index is -0.248. The van der Waals surface area contributed by atoms with E-state index in [1.165, 1.54) is 12.1 Å². The lowest BCUT2D eigenvalue weighted by Crippen LogP contribution is -2.31. The van der Waals surface area contributed by atoms with Crippen LogP contribution in [0.5, 0.6) is 17.2 Å². The molecule has 0 saturated carbocycles. The molecule has 3 aromatic carbocycles. The summed E-state index contributed by atoms with van der Waals surface area (Å²) >= 11 is 0. The molecule has 7 heteroatoms. The standard InChI is InChI=1S/C30H27FN2O4/c31-26-7-4-22(5-8-26)12-15-35-27-3-1-2-25(16-27)20-33(19-23-10-13-32-14-11-23)30(34)18-24-6-9-28-29(17-24)37-21-36-28/h1-11,13-14,16-17H,12,15,18-21H2. The molecule has 2 heterocycles. The van der Waals surface area contributed by atoms with E-state index in [0.717, 1.165) is 28.0 Å². The van der Waals surface area contributed by atoms with Crippen LogP contribution >= 0.6 is 0 Å². The Morgan fingerprint density at radius 2 is 1.59 bits per heavy atom. The van der Waals surface area contributed by atoms with Crippen LogP contribution in [-0.2, 0) is 30.7 Å². The number of amides is 1. The third-order valence-corrected chi connectivity index (χ3v) is 6.11. The summed E-state index contributed by atoms with van der Waals surface area (Å²) in [6, 6.07) is 23.6. The van der Waals surface area contributed by atoms with Gasteiger partial charge in [0, 0.05) is 31.9 Å². The van der Waals surface area contributed by atoms with Crippen molar-refractivity contribution in [1.82, 2.24) is 9.88 Å². The third-order valence-electron chi connectivity index (χ3n) is 6.11. The molecule has 1 aromatic heterocycles. The van der Waals surface area contributed by atoms with E-state index in [4.69, 9.17) is 14.2 Å². The highest BCUT2D eigenvalue weighted by molar-refractivity contribution is 5.79. The summed E-state index contributed by atoms with van der Waals surface area (Å²) in [5.74, 6) is 1.84. The molecule has 0 radical (unpaired) electrons. The first kappa shape index (κ1) is 24.3. The molecule has 0 spiro atoms. The van der Waals surface area contributed by atoms with Crippen LogP contribution in [0.1, 0.15) is 22.3 Å². The summed E-state index contributed by atoms with van der Waals surface area (Å²) in [6.45, 7) is 1.56. The lowest BCUT2D eigenvalue weighted by atomic mass is 10.1. The first-order chi connectivity index (χ1) is 18.1. The van der Waals surface area contributed by atoms with E-state index in [1.807, 2.05) is 59.5 Å². The SMILES string of the molecule is O=C(Cc1ccc2c(c1)OCO2)N(Cc1ccncc1)Cc1cccc(OCCc2ccc(F)cc2)c1. The van der Waals surface area contributed by atoms with Gasteiger partial charge >= 0.3 is 0 Å². The highest BCUT2D eigenvalue weighted by Crippen LogP contribution is 2.32. The summed E-state index contributed by atoms with van der Waals surface area (Å²) in [7, 11) is 0. The van der Waals surface area contributed by atoms with Crippen LogP contribution in [0.15, 0.2) is 91.3 Å². The van der Waals surface area contributed by atoms with E-state index in [1.54, 1.807) is 24.5 Å². The summed E-state index contributed by atoms with van der Waals surface area (Å²) in [6.07, 6.45) is 4.37. The molecule has 0 fully saturated rings. The Morgan fingerprint density at radius 3 is 2.43 bits per heavy atom. The van der Waals surface area contributed by atoms with Gasteiger partial charge in [0.25, 0.3) is 0 Å². The van der Waals surface area contributed by atoms with Crippen LogP contribution in [-0.4, -0.2) is 29.2 Å². The molecule has 6 nitrogen and oxygen atoms in total. The second-order valence-corrected chi connectivity index (χ2v) is 8.84. The van der Waals surface area contributed by atoms with Gasteiger partial charge in [0.2, 0.25) is 12.7 Å². The minimum absolute atomic E-state index is 0.00157. The fourth-order valence-electron chi connectivity index (χ4n) is 4.17. The molecule has 0 atom stereocenters. The van der Waals surface area contributed by atoms with E-state index in [2.05, 4.69) is 4.98 Å². The molecule has 1 amide bonds. The zero-order valence-corrected chi connectivity index (χ0v) is 20.3. The Hall–Kier alpha value is -4.39. The maximum absolute atomic E-state index is 13.4. The van der Waals surface area contributed by atoms with Crippen molar-refractivity contribution in [3.8, 4) is 17.2 Å². The van der Waals surface area contributed by atoms with Crippen LogP contribution in [0.3, 0.4) is 0 Å². The van der Waals surface area contributed by atoms with Crippen molar-refractivity contribution in [3.05, 3.63) is 119 Å². The molecular weight excluding hydrogens is 471 g/mol. The van der Waals surface area contributed by atoms with Gasteiger partial charge in [-0.25, -0.2) is 4.39 Å². The number of halogens is 1. The first-order valence-corrected chi connectivity index (χ1v) is 12.1. The number of carbonyl (C=O) groups excluding carboxylic acids is 1. The lowest BCUT2D eigenvalue weighted by Gasteiger charge is -2.23. The molecule has 1 aliphatic rings. The summed E-state index contributed by atoms with van der Waals surface area (Å²) < 4.78 is 29.9. The quantitative estimate of drug-likeness (QED) is 0.295. The number of ether oxygens (including phenoxy) is 3. The Balaban J connectivity index is 1.26. The van der Waals surface area contributed by atoms with Gasteiger partial charge in [-0.3, -0.25) is 9.78 Å². The third kappa shape index (κ3) is 6.64. The molecule has 188 valence electrons. The number of fused-ring (bicyclic) bond motifs is 1. The van der Waals surface area contributed by atoms with Gasteiger partial charge in [0.15, 0.2) is 11.5 Å². The van der Waals surface area contributed by atoms with Gasteiger partial charge in [-0.2, -0.15) is 0 Å². The van der Waals surface area contributed by atoms with Gasteiger partial charge in [0.1, 0.15) is 11.6 Å². The molecule has 4 aromatic rings. The molecule has 37 heavy (non-hydrogen) atoms. The number of carbonyl (C=O) groups is 1. The average Bonchev–Trinajstić information content (AvgIpc) is 3.38. The number of rotatable bonds is 10. The van der Waals surface area contributed by atoms with Crippen LogP contribution in [0.25, 0.3) is 0 Å². The topological polar surface area (TPSA) is 60.9 Å². The largest absolute Gasteiger partial charge is 0.493 e. The molecule has 0 aliphatic carbocycles. The Morgan fingerprint density at radius 1 is 0.838 bits per heavy atom. The van der Waals surface area contributed by atoms with E-state index in [-0.39, 0.29) is 24.9 Å². The molecule has 0 saturated heterocycles. The zero-order valence-electron chi connectivity index (χ0n) is 20.3. The van der Waals surface area contributed by atoms with Crippen molar-refractivity contribution in [2.24, 2.45) is 0 Å². The lowest BCUT2D eigenvalue weighted by molar-refractivity contribution is -0.131. The number of hydrogen-bond donors (Lipinski definition) is 0. The molecule has 0 N–H and O–H groups in total. The molecule has 5 rings (SSSR count). The number of aromatic nitrogens is 1. The molecule has 0 bridgehead atoms. The van der Waals surface area contributed by atoms with E-state index in [0.29, 0.717) is 37.6 Å². The number of benzene rings is 3. The second kappa shape index (κ2) is 11.6. The van der Waals surface area contributed by atoms with Gasteiger partial charge in [-0.05, 0) is 70.8 Å². The second-order valence-electron chi connectivity index (χ2n) is 8.84. The van der Waals surface area contributed by atoms with Gasteiger partial charge in [-0.15, -0.1) is 0 Å². The van der Waals surface area contributed by atoms with Crippen molar-refractivity contribution in [2.75, 3.05) is 13.4 Å². The highest BCUT2D eigenvalue weighted by atomic mass is 19.1. The van der Waals surface area contributed by atoms with E-state index < -0.39 is 0 Å². The molecular formula is C30H27FN2O4. The Bertz CT molecular complexity index is 1350. The monoisotopic (exact) mass is 498 g/mol. The maximum Gasteiger partial charge on any atom is 0.231 e. The highest BCUT2D eigenvalue weighted by Gasteiger charge is 2.19. The predicted molar refractivity (Wildman–Crippen MR) is 137 cm³/mol. The number of hydrogen-bond acceptors (Lipinski definition) is 5. The van der Waals surface area contributed by atoms with Crippen molar-refractivity contribution in [3.63, 3.8) is 0 Å². The van der Waals surface area contributed by atoms with Crippen LogP contribution in [0.2, 0.25) is 0 Å². The van der Waals surface area contributed by atoms with Crippen LogP contribution in [0.4, 0.5) is 4.39 Å². The first-order valence-electron chi connectivity index (χ1n) is 12.1. The van der Waals surface area contributed by atoms with Gasteiger partial charge in [-0.1, -0.05) is 30.3 Å². The number of pyridine rings is 1. The van der Waals surface area contributed by atoms with Crippen LogP contribution < -0.4 is 14.2 Å². The minimum Gasteiger partial charge on any atom is -0.493 e. The summed E-state index contributed by atoms with van der Waals surface area (Å²) in [5, 5.41) is 0.